The van der Waals surface area contributed by atoms with Crippen molar-refractivity contribution in [3.05, 3.63) is 65.7 Å². The average molecular weight is 264 g/mol. The average Bonchev–Trinajstić information content (AvgIpc) is 2.52. The smallest absolute Gasteiger partial charge is 0.119 e. The molecule has 0 radical (unpaired) electrons. The van der Waals surface area contributed by atoms with Crippen molar-refractivity contribution in [2.75, 3.05) is 0 Å². The second-order valence-electron chi connectivity index (χ2n) is 4.86. The van der Waals surface area contributed by atoms with Gasteiger partial charge in [-0.2, -0.15) is 0 Å². The first-order chi connectivity index (χ1) is 9.83. The van der Waals surface area contributed by atoms with Gasteiger partial charge in [-0.3, -0.25) is 0 Å². The molecule has 1 nitrogen and oxygen atoms in total. The molecule has 0 amide bonds. The van der Waals surface area contributed by atoms with Gasteiger partial charge in [0.05, 0.1) is 0 Å². The van der Waals surface area contributed by atoms with Crippen LogP contribution in [0.4, 0.5) is 0 Å². The van der Waals surface area contributed by atoms with Crippen LogP contribution in [0.5, 0.6) is 5.75 Å². The molecule has 2 aromatic rings. The van der Waals surface area contributed by atoms with E-state index >= 15 is 0 Å². The largest absolute Gasteiger partial charge is 0.489 e. The summed E-state index contributed by atoms with van der Waals surface area (Å²) in [6, 6.07) is 18.5. The predicted molar refractivity (Wildman–Crippen MR) is 83.7 cm³/mol. The van der Waals surface area contributed by atoms with Gasteiger partial charge < -0.3 is 4.74 Å². The summed E-state index contributed by atoms with van der Waals surface area (Å²) in [5.74, 6) is 4.09. The molecule has 0 aliphatic heterocycles. The van der Waals surface area contributed by atoms with Gasteiger partial charge in [0.1, 0.15) is 12.4 Å². The predicted octanol–water partition coefficient (Wildman–Crippen LogP) is 4.78. The maximum Gasteiger partial charge on any atom is 0.119 e. The second kappa shape index (κ2) is 7.40. The van der Waals surface area contributed by atoms with Gasteiger partial charge >= 0.3 is 0 Å². The van der Waals surface area contributed by atoms with Crippen LogP contribution in [0.1, 0.15) is 36.8 Å². The summed E-state index contributed by atoms with van der Waals surface area (Å²) in [6.07, 6.45) is 7.27. The molecule has 0 N–H and O–H groups in total. The van der Waals surface area contributed by atoms with Crippen molar-refractivity contribution in [3.8, 4) is 18.1 Å². The minimum atomic E-state index is 0.447. The van der Waals surface area contributed by atoms with Crippen molar-refractivity contribution in [2.45, 2.75) is 32.3 Å². The maximum absolute atomic E-state index is 5.78. The van der Waals surface area contributed by atoms with E-state index in [1.54, 1.807) is 0 Å². The van der Waals surface area contributed by atoms with Gasteiger partial charge in [0, 0.05) is 6.42 Å². The lowest BCUT2D eigenvalue weighted by Gasteiger charge is -2.13. The van der Waals surface area contributed by atoms with Crippen LogP contribution in [-0.4, -0.2) is 0 Å². The molecular weight excluding hydrogens is 244 g/mol. The summed E-state index contributed by atoms with van der Waals surface area (Å²) in [6.45, 7) is 2.77. The third-order valence-electron chi connectivity index (χ3n) is 3.46. The van der Waals surface area contributed by atoms with Gasteiger partial charge in [-0.25, -0.2) is 0 Å². The van der Waals surface area contributed by atoms with E-state index in [0.29, 0.717) is 12.5 Å². The Hall–Kier alpha value is -2.20. The van der Waals surface area contributed by atoms with Crippen LogP contribution in [0, 0.1) is 12.3 Å². The van der Waals surface area contributed by atoms with E-state index in [9.17, 15) is 0 Å². The molecule has 0 fully saturated rings. The highest BCUT2D eigenvalue weighted by molar-refractivity contribution is 5.30. The Balaban J connectivity index is 1.96. The summed E-state index contributed by atoms with van der Waals surface area (Å²) < 4.78 is 5.78. The Labute approximate surface area is 121 Å². The minimum absolute atomic E-state index is 0.447. The Kier molecular flexibility index (Phi) is 5.26. The molecule has 0 bridgehead atoms. The van der Waals surface area contributed by atoms with Gasteiger partial charge in [-0.1, -0.05) is 49.4 Å². The molecule has 2 aromatic carbocycles. The minimum Gasteiger partial charge on any atom is -0.489 e. The molecule has 1 unspecified atom stereocenters. The van der Waals surface area contributed by atoms with Crippen molar-refractivity contribution in [3.63, 3.8) is 0 Å². The fraction of sp³-hybridized carbons (Fsp3) is 0.263. The summed E-state index contributed by atoms with van der Waals surface area (Å²) >= 11 is 0. The van der Waals surface area contributed by atoms with Gasteiger partial charge in [-0.05, 0) is 35.6 Å². The molecular formula is C19H20O. The van der Waals surface area contributed by atoms with Crippen LogP contribution in [0.3, 0.4) is 0 Å². The third kappa shape index (κ3) is 3.90. The van der Waals surface area contributed by atoms with Gasteiger partial charge in [0.15, 0.2) is 0 Å². The molecule has 20 heavy (non-hydrogen) atoms. The highest BCUT2D eigenvalue weighted by atomic mass is 16.5. The van der Waals surface area contributed by atoms with Crippen molar-refractivity contribution in [1.29, 1.82) is 0 Å². The topological polar surface area (TPSA) is 9.23 Å². The Morgan fingerprint density at radius 3 is 2.35 bits per heavy atom. The van der Waals surface area contributed by atoms with E-state index in [1.807, 2.05) is 30.3 Å². The van der Waals surface area contributed by atoms with Crippen molar-refractivity contribution >= 4 is 0 Å². The fourth-order valence-electron chi connectivity index (χ4n) is 2.22. The maximum atomic E-state index is 5.78. The summed E-state index contributed by atoms with van der Waals surface area (Å²) in [5, 5.41) is 0. The Morgan fingerprint density at radius 1 is 1.05 bits per heavy atom. The fourth-order valence-corrected chi connectivity index (χ4v) is 2.22. The van der Waals surface area contributed by atoms with E-state index in [1.165, 1.54) is 11.1 Å². The van der Waals surface area contributed by atoms with Crippen molar-refractivity contribution in [2.24, 2.45) is 0 Å². The van der Waals surface area contributed by atoms with E-state index in [4.69, 9.17) is 11.2 Å². The molecule has 0 heterocycles. The van der Waals surface area contributed by atoms with E-state index in [-0.39, 0.29) is 0 Å². The Morgan fingerprint density at radius 2 is 1.75 bits per heavy atom. The van der Waals surface area contributed by atoms with E-state index < -0.39 is 0 Å². The zero-order valence-electron chi connectivity index (χ0n) is 11.9. The first-order valence-corrected chi connectivity index (χ1v) is 7.03. The lowest BCUT2D eigenvalue weighted by atomic mass is 9.94. The van der Waals surface area contributed by atoms with Crippen molar-refractivity contribution in [1.82, 2.24) is 0 Å². The highest BCUT2D eigenvalue weighted by Gasteiger charge is 2.07. The molecule has 2 rings (SSSR count). The lowest BCUT2D eigenvalue weighted by molar-refractivity contribution is 0.306. The van der Waals surface area contributed by atoms with Crippen molar-refractivity contribution < 1.29 is 4.74 Å². The molecule has 102 valence electrons. The van der Waals surface area contributed by atoms with E-state index in [0.717, 1.165) is 18.6 Å². The molecule has 0 aliphatic rings. The zero-order chi connectivity index (χ0) is 14.2. The number of hydrogen-bond acceptors (Lipinski definition) is 1. The van der Waals surface area contributed by atoms with E-state index in [2.05, 4.69) is 37.1 Å². The molecule has 0 spiro atoms. The quantitative estimate of drug-likeness (QED) is 0.682. The van der Waals surface area contributed by atoms with Crippen LogP contribution >= 0.6 is 0 Å². The highest BCUT2D eigenvalue weighted by Crippen LogP contribution is 2.25. The SMILES string of the molecule is C#CCC(CC)c1ccc(OCc2ccccc2)cc1. The molecule has 0 saturated carbocycles. The zero-order valence-corrected chi connectivity index (χ0v) is 11.9. The number of rotatable bonds is 6. The molecule has 1 atom stereocenters. The molecule has 0 saturated heterocycles. The van der Waals surface area contributed by atoms with Crippen LogP contribution < -0.4 is 4.74 Å². The van der Waals surface area contributed by atoms with Crippen LogP contribution in [-0.2, 0) is 6.61 Å². The number of hydrogen-bond donors (Lipinski definition) is 0. The lowest BCUT2D eigenvalue weighted by Crippen LogP contribution is -1.98. The van der Waals surface area contributed by atoms with Gasteiger partial charge in [0.2, 0.25) is 0 Å². The van der Waals surface area contributed by atoms with Crippen LogP contribution in [0.2, 0.25) is 0 Å². The summed E-state index contributed by atoms with van der Waals surface area (Å²) in [7, 11) is 0. The van der Waals surface area contributed by atoms with Crippen LogP contribution in [0.15, 0.2) is 54.6 Å². The summed E-state index contributed by atoms with van der Waals surface area (Å²) in [4.78, 5) is 0. The molecule has 0 aromatic heterocycles. The van der Waals surface area contributed by atoms with Gasteiger partial charge in [-0.15, -0.1) is 12.3 Å². The first kappa shape index (κ1) is 14.2. The third-order valence-corrected chi connectivity index (χ3v) is 3.46. The number of ether oxygens (including phenoxy) is 1. The number of terminal acetylenes is 1. The molecule has 1 heteroatoms. The summed E-state index contributed by atoms with van der Waals surface area (Å²) in [5.41, 5.74) is 2.47. The van der Waals surface area contributed by atoms with Gasteiger partial charge in [0.25, 0.3) is 0 Å². The standard InChI is InChI=1S/C19H20O/c1-3-8-17(4-2)18-11-13-19(14-12-18)20-15-16-9-6-5-7-10-16/h1,5-7,9-14,17H,4,8,15H2,2H3. The normalized spacial score (nSPS) is 11.6. The second-order valence-corrected chi connectivity index (χ2v) is 4.86. The van der Waals surface area contributed by atoms with Crippen LogP contribution in [0.25, 0.3) is 0 Å². The Bertz CT molecular complexity index is 549. The molecule has 0 aliphatic carbocycles. The number of benzene rings is 2. The monoisotopic (exact) mass is 264 g/mol. The first-order valence-electron chi connectivity index (χ1n) is 7.03.